The van der Waals surface area contributed by atoms with Crippen LogP contribution in [0, 0.1) is 0 Å². The van der Waals surface area contributed by atoms with Crippen molar-refractivity contribution in [2.45, 2.75) is 6.42 Å². The highest BCUT2D eigenvalue weighted by Gasteiger charge is 2.15. The van der Waals surface area contributed by atoms with Crippen LogP contribution in [0.15, 0.2) is 54.9 Å². The average Bonchev–Trinajstić information content (AvgIpc) is 2.95. The molecule has 0 amide bonds. The number of fused-ring (bicyclic) bond motifs is 2. The summed E-state index contributed by atoms with van der Waals surface area (Å²) in [5.74, 6) is 0. The van der Waals surface area contributed by atoms with E-state index in [2.05, 4.69) is 52.8 Å². The molecule has 4 rings (SSSR count). The second kappa shape index (κ2) is 4.09. The number of benzene rings is 2. The Morgan fingerprint density at radius 3 is 2.84 bits per heavy atom. The van der Waals surface area contributed by atoms with E-state index < -0.39 is 0 Å². The summed E-state index contributed by atoms with van der Waals surface area (Å²) in [5.41, 5.74) is 5.37. The Morgan fingerprint density at radius 2 is 1.84 bits per heavy atom. The van der Waals surface area contributed by atoms with Crippen molar-refractivity contribution in [2.24, 2.45) is 0 Å². The summed E-state index contributed by atoms with van der Waals surface area (Å²) in [4.78, 5) is 4.21. The maximum atomic E-state index is 4.21. The normalized spacial score (nSPS) is 13.3. The molecule has 1 N–H and O–H groups in total. The van der Waals surface area contributed by atoms with Crippen LogP contribution in [-0.2, 0) is 6.42 Å². The molecule has 2 heteroatoms. The van der Waals surface area contributed by atoms with E-state index in [4.69, 9.17) is 0 Å². The van der Waals surface area contributed by atoms with E-state index in [1.165, 1.54) is 33.2 Å². The Kier molecular flexibility index (Phi) is 2.27. The first-order chi connectivity index (χ1) is 9.43. The summed E-state index contributed by atoms with van der Waals surface area (Å²) in [6.07, 6.45) is 4.90. The lowest BCUT2D eigenvalue weighted by Crippen LogP contribution is -1.90. The molecule has 0 spiro atoms. The van der Waals surface area contributed by atoms with Crippen molar-refractivity contribution < 1.29 is 0 Å². The van der Waals surface area contributed by atoms with E-state index in [9.17, 15) is 0 Å². The minimum absolute atomic E-state index is 1.04. The highest BCUT2D eigenvalue weighted by atomic mass is 14.9. The largest absolute Gasteiger partial charge is 0.384 e. The van der Waals surface area contributed by atoms with Crippen LogP contribution in [0.3, 0.4) is 0 Å². The lowest BCUT2D eigenvalue weighted by atomic mass is 9.94. The fourth-order valence-corrected chi connectivity index (χ4v) is 2.95. The third kappa shape index (κ3) is 1.60. The molecular formula is C17H14N2. The molecule has 0 unspecified atom stereocenters. The van der Waals surface area contributed by atoms with Crippen LogP contribution in [0.4, 0.5) is 5.69 Å². The number of nitrogens with one attached hydrogen (secondary N) is 1. The lowest BCUT2D eigenvalue weighted by molar-refractivity contribution is 1.11. The van der Waals surface area contributed by atoms with Crippen molar-refractivity contribution in [1.29, 1.82) is 0 Å². The van der Waals surface area contributed by atoms with Gasteiger partial charge in [-0.1, -0.05) is 30.3 Å². The van der Waals surface area contributed by atoms with Crippen molar-refractivity contribution in [2.75, 3.05) is 11.9 Å². The van der Waals surface area contributed by atoms with Crippen LogP contribution >= 0.6 is 0 Å². The summed E-state index contributed by atoms with van der Waals surface area (Å²) in [6.45, 7) is 1.04. The fourth-order valence-electron chi connectivity index (χ4n) is 2.95. The molecule has 19 heavy (non-hydrogen) atoms. The second-order valence-corrected chi connectivity index (χ2v) is 4.91. The molecule has 2 heterocycles. The fraction of sp³-hybridized carbons (Fsp3) is 0.118. The zero-order chi connectivity index (χ0) is 12.7. The Hall–Kier alpha value is -2.35. The van der Waals surface area contributed by atoms with Crippen LogP contribution < -0.4 is 5.32 Å². The van der Waals surface area contributed by atoms with Gasteiger partial charge in [0.15, 0.2) is 0 Å². The molecule has 0 bridgehead atoms. The van der Waals surface area contributed by atoms with Gasteiger partial charge in [0, 0.05) is 30.0 Å². The number of rotatable bonds is 1. The number of pyridine rings is 1. The van der Waals surface area contributed by atoms with Gasteiger partial charge in [0.1, 0.15) is 0 Å². The standard InChI is InChI=1S/C17H14N2/c1-3-12-11-18-9-7-13(12)14(4-1)15-5-2-6-17-16(15)8-10-19-17/h1-7,9,11,19H,8,10H2. The number of anilines is 1. The first kappa shape index (κ1) is 10.6. The molecule has 2 nitrogen and oxygen atoms in total. The van der Waals surface area contributed by atoms with Crippen molar-refractivity contribution in [3.63, 3.8) is 0 Å². The minimum atomic E-state index is 1.04. The number of nitrogens with zero attached hydrogens (tertiary/aromatic N) is 1. The van der Waals surface area contributed by atoms with Gasteiger partial charge < -0.3 is 5.32 Å². The molecule has 92 valence electrons. The molecule has 0 saturated heterocycles. The summed E-state index contributed by atoms with van der Waals surface area (Å²) in [5, 5.41) is 5.92. The summed E-state index contributed by atoms with van der Waals surface area (Å²) >= 11 is 0. The van der Waals surface area contributed by atoms with Gasteiger partial charge >= 0.3 is 0 Å². The molecule has 0 aliphatic carbocycles. The Morgan fingerprint density at radius 1 is 0.947 bits per heavy atom. The van der Waals surface area contributed by atoms with Gasteiger partial charge in [-0.15, -0.1) is 0 Å². The predicted octanol–water partition coefficient (Wildman–Crippen LogP) is 3.87. The molecule has 1 aliphatic rings. The second-order valence-electron chi connectivity index (χ2n) is 4.91. The lowest BCUT2D eigenvalue weighted by Gasteiger charge is -2.10. The van der Waals surface area contributed by atoms with Gasteiger partial charge in [-0.05, 0) is 40.6 Å². The monoisotopic (exact) mass is 246 g/mol. The van der Waals surface area contributed by atoms with E-state index in [0.29, 0.717) is 0 Å². The molecular weight excluding hydrogens is 232 g/mol. The number of aromatic nitrogens is 1. The summed E-state index contributed by atoms with van der Waals surface area (Å²) in [7, 11) is 0. The van der Waals surface area contributed by atoms with E-state index in [0.717, 1.165) is 13.0 Å². The van der Waals surface area contributed by atoms with Crippen LogP contribution in [-0.4, -0.2) is 11.5 Å². The summed E-state index contributed by atoms with van der Waals surface area (Å²) < 4.78 is 0. The van der Waals surface area contributed by atoms with Crippen molar-refractivity contribution in [3.8, 4) is 11.1 Å². The maximum absolute atomic E-state index is 4.21. The average molecular weight is 246 g/mol. The topological polar surface area (TPSA) is 24.9 Å². The third-order valence-electron chi connectivity index (χ3n) is 3.84. The maximum Gasteiger partial charge on any atom is 0.0379 e. The van der Waals surface area contributed by atoms with Gasteiger partial charge in [0.25, 0.3) is 0 Å². The zero-order valence-corrected chi connectivity index (χ0v) is 10.6. The molecule has 0 radical (unpaired) electrons. The first-order valence-electron chi connectivity index (χ1n) is 6.62. The molecule has 0 atom stereocenters. The quantitative estimate of drug-likeness (QED) is 0.705. The van der Waals surface area contributed by atoms with Crippen LogP contribution in [0.5, 0.6) is 0 Å². The van der Waals surface area contributed by atoms with Crippen molar-refractivity contribution in [3.05, 3.63) is 60.4 Å². The predicted molar refractivity (Wildman–Crippen MR) is 79.4 cm³/mol. The Balaban J connectivity index is 2.04. The number of hydrogen-bond acceptors (Lipinski definition) is 2. The highest BCUT2D eigenvalue weighted by molar-refractivity contribution is 5.97. The van der Waals surface area contributed by atoms with E-state index in [1.807, 2.05) is 12.4 Å². The van der Waals surface area contributed by atoms with Crippen molar-refractivity contribution >= 4 is 16.5 Å². The molecule has 2 aromatic carbocycles. The third-order valence-corrected chi connectivity index (χ3v) is 3.84. The van der Waals surface area contributed by atoms with E-state index in [-0.39, 0.29) is 0 Å². The Bertz CT molecular complexity index is 757. The van der Waals surface area contributed by atoms with Crippen LogP contribution in [0.1, 0.15) is 5.56 Å². The molecule has 1 aliphatic heterocycles. The first-order valence-corrected chi connectivity index (χ1v) is 6.62. The summed E-state index contributed by atoms with van der Waals surface area (Å²) in [6, 6.07) is 15.1. The molecule has 1 aromatic heterocycles. The molecule has 0 saturated carbocycles. The SMILES string of the molecule is c1cc2c(c(-c3cccc4cnccc34)c1)CCN2. The zero-order valence-electron chi connectivity index (χ0n) is 10.6. The highest BCUT2D eigenvalue weighted by Crippen LogP contribution is 2.36. The van der Waals surface area contributed by atoms with E-state index >= 15 is 0 Å². The van der Waals surface area contributed by atoms with Gasteiger partial charge in [-0.2, -0.15) is 0 Å². The van der Waals surface area contributed by atoms with Gasteiger partial charge in [-0.3, -0.25) is 4.98 Å². The van der Waals surface area contributed by atoms with Gasteiger partial charge in [-0.25, -0.2) is 0 Å². The van der Waals surface area contributed by atoms with Gasteiger partial charge in [0.05, 0.1) is 0 Å². The van der Waals surface area contributed by atoms with E-state index in [1.54, 1.807) is 0 Å². The van der Waals surface area contributed by atoms with Crippen LogP contribution in [0.25, 0.3) is 21.9 Å². The number of hydrogen-bond donors (Lipinski definition) is 1. The van der Waals surface area contributed by atoms with Crippen LogP contribution in [0.2, 0.25) is 0 Å². The Labute approximate surface area is 112 Å². The minimum Gasteiger partial charge on any atom is -0.384 e. The molecule has 3 aromatic rings. The van der Waals surface area contributed by atoms with Gasteiger partial charge in [0.2, 0.25) is 0 Å². The van der Waals surface area contributed by atoms with Crippen molar-refractivity contribution in [1.82, 2.24) is 4.98 Å². The smallest absolute Gasteiger partial charge is 0.0379 e. The molecule has 0 fully saturated rings.